The molecule has 1 aliphatic heterocycles. The Balaban J connectivity index is 1.90. The first kappa shape index (κ1) is 21.6. The number of carbonyl (C=O) groups is 1. The zero-order valence-corrected chi connectivity index (χ0v) is 17.9. The van der Waals surface area contributed by atoms with Gasteiger partial charge in [-0.05, 0) is 36.6 Å². The lowest BCUT2D eigenvalue weighted by Gasteiger charge is -2.26. The quantitative estimate of drug-likeness (QED) is 0.619. The summed E-state index contributed by atoms with van der Waals surface area (Å²) in [5.74, 6) is -1.10. The van der Waals surface area contributed by atoms with Crippen molar-refractivity contribution in [1.29, 1.82) is 0 Å². The second-order valence-electron chi connectivity index (χ2n) is 7.70. The van der Waals surface area contributed by atoms with E-state index in [1.807, 2.05) is 25.1 Å². The van der Waals surface area contributed by atoms with Crippen LogP contribution in [-0.4, -0.2) is 51.5 Å². The molecule has 0 saturated carbocycles. The Kier molecular flexibility index (Phi) is 6.00. The Bertz CT molecular complexity index is 1290. The fourth-order valence-corrected chi connectivity index (χ4v) is 3.54. The number of aryl methyl sites for hydroxylation is 2. The Morgan fingerprint density at radius 2 is 1.78 bits per heavy atom. The SMILES string of the molecule is Cc1ccc(-n2nc(C(=O)N3CCOCC3)c(=O)n(Cc3ccccc3C)c2=O)cc1F. The summed E-state index contributed by atoms with van der Waals surface area (Å²) in [6, 6.07) is 11.5. The van der Waals surface area contributed by atoms with E-state index in [1.54, 1.807) is 13.0 Å². The van der Waals surface area contributed by atoms with Gasteiger partial charge >= 0.3 is 5.69 Å². The Morgan fingerprint density at radius 3 is 2.47 bits per heavy atom. The molecule has 32 heavy (non-hydrogen) atoms. The summed E-state index contributed by atoms with van der Waals surface area (Å²) < 4.78 is 21.4. The monoisotopic (exact) mass is 438 g/mol. The van der Waals surface area contributed by atoms with Crippen LogP contribution in [-0.2, 0) is 11.3 Å². The highest BCUT2D eigenvalue weighted by atomic mass is 19.1. The fourth-order valence-electron chi connectivity index (χ4n) is 3.54. The number of ether oxygens (including phenoxy) is 1. The summed E-state index contributed by atoms with van der Waals surface area (Å²) in [4.78, 5) is 41.1. The van der Waals surface area contributed by atoms with Gasteiger partial charge in [-0.1, -0.05) is 30.3 Å². The largest absolute Gasteiger partial charge is 0.378 e. The molecule has 0 unspecified atom stereocenters. The van der Waals surface area contributed by atoms with E-state index in [2.05, 4.69) is 5.10 Å². The van der Waals surface area contributed by atoms with E-state index in [-0.39, 0.29) is 17.9 Å². The number of benzene rings is 2. The standard InChI is InChI=1S/C23H23FN4O4/c1-15-5-3-4-6-17(15)14-27-22(30)20(21(29)26-9-11-32-12-10-26)25-28(23(27)31)18-8-7-16(2)19(24)13-18/h3-8,13H,9-12,14H2,1-2H3. The van der Waals surface area contributed by atoms with Crippen molar-refractivity contribution in [2.24, 2.45) is 0 Å². The zero-order valence-electron chi connectivity index (χ0n) is 17.9. The van der Waals surface area contributed by atoms with E-state index in [0.29, 0.717) is 31.9 Å². The molecule has 0 radical (unpaired) electrons. The minimum atomic E-state index is -0.779. The van der Waals surface area contributed by atoms with E-state index >= 15 is 0 Å². The summed E-state index contributed by atoms with van der Waals surface area (Å²) in [6.45, 7) is 4.77. The fraction of sp³-hybridized carbons (Fsp3) is 0.304. The molecule has 0 spiro atoms. The molecule has 4 rings (SSSR count). The molecule has 0 aliphatic carbocycles. The first-order valence-electron chi connectivity index (χ1n) is 10.3. The molecule has 9 heteroatoms. The summed E-state index contributed by atoms with van der Waals surface area (Å²) in [7, 11) is 0. The van der Waals surface area contributed by atoms with Crippen LogP contribution in [0.15, 0.2) is 52.1 Å². The van der Waals surface area contributed by atoms with Crippen molar-refractivity contribution in [3.05, 3.63) is 91.5 Å². The number of nitrogens with zero attached hydrogens (tertiary/aromatic N) is 4. The van der Waals surface area contributed by atoms with Gasteiger partial charge in [0.1, 0.15) is 5.82 Å². The molecule has 1 amide bonds. The van der Waals surface area contributed by atoms with Crippen LogP contribution in [0.4, 0.5) is 4.39 Å². The molecular weight excluding hydrogens is 415 g/mol. The smallest absolute Gasteiger partial charge is 0.352 e. The minimum Gasteiger partial charge on any atom is -0.378 e. The van der Waals surface area contributed by atoms with Crippen molar-refractivity contribution in [1.82, 2.24) is 19.2 Å². The number of morpholine rings is 1. The molecule has 0 atom stereocenters. The van der Waals surface area contributed by atoms with Crippen LogP contribution in [0.25, 0.3) is 5.69 Å². The zero-order chi connectivity index (χ0) is 22.8. The molecule has 8 nitrogen and oxygen atoms in total. The van der Waals surface area contributed by atoms with Gasteiger partial charge in [-0.3, -0.25) is 14.2 Å². The van der Waals surface area contributed by atoms with Crippen molar-refractivity contribution in [3.8, 4) is 5.69 Å². The summed E-state index contributed by atoms with van der Waals surface area (Å²) in [5, 5.41) is 4.08. The molecule has 1 saturated heterocycles. The first-order chi connectivity index (χ1) is 15.4. The van der Waals surface area contributed by atoms with Crippen molar-refractivity contribution < 1.29 is 13.9 Å². The van der Waals surface area contributed by atoms with Crippen molar-refractivity contribution >= 4 is 5.91 Å². The highest BCUT2D eigenvalue weighted by Crippen LogP contribution is 2.12. The predicted molar refractivity (Wildman–Crippen MR) is 116 cm³/mol. The number of rotatable bonds is 4. The lowest BCUT2D eigenvalue weighted by Crippen LogP contribution is -2.48. The summed E-state index contributed by atoms with van der Waals surface area (Å²) >= 11 is 0. The van der Waals surface area contributed by atoms with Gasteiger partial charge in [0.05, 0.1) is 25.4 Å². The molecular formula is C23H23FN4O4. The molecule has 2 heterocycles. The molecule has 0 bridgehead atoms. The molecule has 0 N–H and O–H groups in total. The number of carbonyl (C=O) groups excluding carboxylic acids is 1. The number of hydrogen-bond acceptors (Lipinski definition) is 5. The summed E-state index contributed by atoms with van der Waals surface area (Å²) in [5.41, 5.74) is 0.265. The van der Waals surface area contributed by atoms with E-state index in [4.69, 9.17) is 4.74 Å². The highest BCUT2D eigenvalue weighted by molar-refractivity contribution is 5.91. The van der Waals surface area contributed by atoms with Crippen molar-refractivity contribution in [2.75, 3.05) is 26.3 Å². The molecule has 1 aliphatic rings. The lowest BCUT2D eigenvalue weighted by molar-refractivity contribution is 0.0295. The average Bonchev–Trinajstić information content (AvgIpc) is 2.80. The van der Waals surface area contributed by atoms with E-state index in [0.717, 1.165) is 26.4 Å². The number of amides is 1. The third kappa shape index (κ3) is 4.11. The maximum absolute atomic E-state index is 14.2. The van der Waals surface area contributed by atoms with Gasteiger partial charge in [-0.15, -0.1) is 0 Å². The number of halogens is 1. The molecule has 1 fully saturated rings. The van der Waals surface area contributed by atoms with Gasteiger partial charge in [0, 0.05) is 19.2 Å². The average molecular weight is 438 g/mol. The minimum absolute atomic E-state index is 0.0371. The van der Waals surface area contributed by atoms with Crippen LogP contribution in [0.3, 0.4) is 0 Å². The van der Waals surface area contributed by atoms with Gasteiger partial charge in [0.15, 0.2) is 0 Å². The first-order valence-corrected chi connectivity index (χ1v) is 10.3. The molecule has 1 aromatic heterocycles. The van der Waals surface area contributed by atoms with Crippen LogP contribution >= 0.6 is 0 Å². The predicted octanol–water partition coefficient (Wildman–Crippen LogP) is 1.67. The third-order valence-corrected chi connectivity index (χ3v) is 5.55. The van der Waals surface area contributed by atoms with Gasteiger partial charge in [-0.2, -0.15) is 9.78 Å². The normalized spacial score (nSPS) is 13.9. The Hall–Kier alpha value is -3.59. The van der Waals surface area contributed by atoms with Crippen LogP contribution in [0.2, 0.25) is 0 Å². The maximum atomic E-state index is 14.2. The van der Waals surface area contributed by atoms with Crippen LogP contribution in [0.1, 0.15) is 27.2 Å². The Labute approximate surface area is 183 Å². The van der Waals surface area contributed by atoms with E-state index < -0.39 is 23.0 Å². The van der Waals surface area contributed by atoms with Gasteiger partial charge in [-0.25, -0.2) is 9.18 Å². The number of aromatic nitrogens is 3. The Morgan fingerprint density at radius 1 is 1.06 bits per heavy atom. The lowest BCUT2D eigenvalue weighted by atomic mass is 10.1. The van der Waals surface area contributed by atoms with Gasteiger partial charge in [0.25, 0.3) is 11.5 Å². The van der Waals surface area contributed by atoms with Gasteiger partial charge in [0.2, 0.25) is 5.69 Å². The second-order valence-corrected chi connectivity index (χ2v) is 7.70. The van der Waals surface area contributed by atoms with Crippen LogP contribution < -0.4 is 11.2 Å². The molecule has 166 valence electrons. The van der Waals surface area contributed by atoms with E-state index in [9.17, 15) is 18.8 Å². The van der Waals surface area contributed by atoms with Crippen LogP contribution in [0.5, 0.6) is 0 Å². The van der Waals surface area contributed by atoms with E-state index in [1.165, 1.54) is 17.0 Å². The third-order valence-electron chi connectivity index (χ3n) is 5.55. The van der Waals surface area contributed by atoms with Gasteiger partial charge < -0.3 is 9.64 Å². The van der Waals surface area contributed by atoms with Crippen LogP contribution in [0, 0.1) is 19.7 Å². The molecule has 3 aromatic rings. The highest BCUT2D eigenvalue weighted by Gasteiger charge is 2.26. The maximum Gasteiger partial charge on any atom is 0.352 e. The molecule has 2 aromatic carbocycles. The topological polar surface area (TPSA) is 86.4 Å². The van der Waals surface area contributed by atoms with Crippen molar-refractivity contribution in [3.63, 3.8) is 0 Å². The second kappa shape index (κ2) is 8.88. The van der Waals surface area contributed by atoms with Crippen molar-refractivity contribution in [2.45, 2.75) is 20.4 Å². The summed E-state index contributed by atoms with van der Waals surface area (Å²) in [6.07, 6.45) is 0. The number of hydrogen-bond donors (Lipinski definition) is 0.